The predicted molar refractivity (Wildman–Crippen MR) is 115 cm³/mol. The maximum absolute atomic E-state index is 13.2. The van der Waals surface area contributed by atoms with Crippen molar-refractivity contribution >= 4 is 11.7 Å². The number of halogens is 1. The fourth-order valence-corrected chi connectivity index (χ4v) is 7.56. The Labute approximate surface area is 183 Å². The number of rotatable bonds is 3. The van der Waals surface area contributed by atoms with Crippen molar-refractivity contribution in [3.05, 3.63) is 30.1 Å². The van der Waals surface area contributed by atoms with E-state index < -0.39 is 0 Å². The average Bonchev–Trinajstić information content (AvgIpc) is 3.44. The minimum Gasteiger partial charge on any atom is -0.462 e. The fraction of sp³-hybridized carbons (Fsp3) is 0.720. The lowest BCUT2D eigenvalue weighted by Gasteiger charge is -2.49. The molecule has 6 heteroatoms. The summed E-state index contributed by atoms with van der Waals surface area (Å²) in [5.41, 5.74) is 1.18. The van der Waals surface area contributed by atoms with Gasteiger partial charge in [0.25, 0.3) is 0 Å². The molecule has 31 heavy (non-hydrogen) atoms. The molecule has 5 fully saturated rings. The lowest BCUT2D eigenvalue weighted by molar-refractivity contribution is -0.146. The Morgan fingerprint density at radius 1 is 1.16 bits per heavy atom. The smallest absolute Gasteiger partial charge is 0.311 e. The zero-order valence-corrected chi connectivity index (χ0v) is 18.6. The SMILES string of the molecule is C[C@@H]1CCC[C@@]2(C)C[C@H]3OC(=O)[C@H](CN4CCN(c5ccc(F)cc5)CC4)[C@@H]3[C@@H]3O[C@]132. The molecule has 0 bridgehead atoms. The zero-order valence-electron chi connectivity index (χ0n) is 18.6. The summed E-state index contributed by atoms with van der Waals surface area (Å²) in [7, 11) is 0. The molecule has 2 saturated carbocycles. The molecular weight excluding hydrogens is 395 g/mol. The molecule has 3 aliphatic heterocycles. The molecule has 7 atom stereocenters. The molecule has 6 rings (SSSR count). The second-order valence-electron chi connectivity index (χ2n) is 10.8. The quantitative estimate of drug-likeness (QED) is 0.545. The topological polar surface area (TPSA) is 45.3 Å². The number of carbonyl (C=O) groups is 1. The van der Waals surface area contributed by atoms with Gasteiger partial charge in [0.15, 0.2) is 0 Å². The third-order valence-corrected chi connectivity index (χ3v) is 9.21. The van der Waals surface area contributed by atoms with Crippen LogP contribution in [0.15, 0.2) is 24.3 Å². The number of esters is 1. The van der Waals surface area contributed by atoms with Crippen molar-refractivity contribution in [2.45, 2.75) is 57.3 Å². The maximum Gasteiger partial charge on any atom is 0.311 e. The molecule has 5 nitrogen and oxygen atoms in total. The van der Waals surface area contributed by atoms with Gasteiger partial charge in [0, 0.05) is 49.7 Å². The van der Waals surface area contributed by atoms with Gasteiger partial charge in [-0.05, 0) is 49.4 Å². The van der Waals surface area contributed by atoms with E-state index in [-0.39, 0.29) is 46.8 Å². The molecule has 0 N–H and O–H groups in total. The average molecular weight is 429 g/mol. The highest BCUT2D eigenvalue weighted by atomic mass is 19.1. The molecule has 3 saturated heterocycles. The first-order valence-corrected chi connectivity index (χ1v) is 12.0. The number of fused-ring (bicyclic) bond motifs is 2. The minimum atomic E-state index is -0.201. The first kappa shape index (κ1) is 20.0. The van der Waals surface area contributed by atoms with E-state index in [9.17, 15) is 9.18 Å². The van der Waals surface area contributed by atoms with Gasteiger partial charge in [-0.25, -0.2) is 4.39 Å². The molecule has 0 amide bonds. The minimum absolute atomic E-state index is 0.0171. The highest BCUT2D eigenvalue weighted by Crippen LogP contribution is 2.70. The number of hydrogen-bond donors (Lipinski definition) is 0. The van der Waals surface area contributed by atoms with E-state index in [1.54, 1.807) is 0 Å². The van der Waals surface area contributed by atoms with Crippen LogP contribution in [0.3, 0.4) is 0 Å². The highest BCUT2D eigenvalue weighted by Gasteiger charge is 2.78. The molecular formula is C25H33FN2O3. The number of hydrogen-bond acceptors (Lipinski definition) is 5. The summed E-state index contributed by atoms with van der Waals surface area (Å²) in [6.07, 6.45) is 4.83. The zero-order chi connectivity index (χ0) is 21.4. The van der Waals surface area contributed by atoms with E-state index in [1.165, 1.54) is 31.4 Å². The van der Waals surface area contributed by atoms with Crippen LogP contribution in [0.2, 0.25) is 0 Å². The molecule has 1 aromatic rings. The van der Waals surface area contributed by atoms with Crippen molar-refractivity contribution in [2.75, 3.05) is 37.6 Å². The van der Waals surface area contributed by atoms with Crippen LogP contribution in [0.5, 0.6) is 0 Å². The third kappa shape index (κ3) is 2.90. The summed E-state index contributed by atoms with van der Waals surface area (Å²) in [5.74, 6) is 0.471. The Morgan fingerprint density at radius 2 is 1.90 bits per heavy atom. The number of benzene rings is 1. The summed E-state index contributed by atoms with van der Waals surface area (Å²) in [6, 6.07) is 6.73. The van der Waals surface area contributed by atoms with Crippen LogP contribution in [-0.4, -0.2) is 61.4 Å². The summed E-state index contributed by atoms with van der Waals surface area (Å²) in [4.78, 5) is 17.6. The lowest BCUT2D eigenvalue weighted by atomic mass is 9.53. The molecule has 2 aliphatic carbocycles. The molecule has 3 heterocycles. The van der Waals surface area contributed by atoms with Gasteiger partial charge < -0.3 is 14.4 Å². The van der Waals surface area contributed by atoms with Gasteiger partial charge in [-0.2, -0.15) is 0 Å². The van der Waals surface area contributed by atoms with Gasteiger partial charge in [-0.3, -0.25) is 9.69 Å². The standard InChI is InChI=1S/C25H33FN2O3/c1-16-4-3-9-24(2)14-20-21(22-25(16,24)31-22)19(23(29)30-20)15-27-10-12-28(13-11-27)18-7-5-17(26)6-8-18/h5-8,16,19-22H,3-4,9-15H2,1-2H3/t16-,19-,20-,21+,22+,24+,25-/m1/s1. The van der Waals surface area contributed by atoms with Gasteiger partial charge in [0.05, 0.1) is 12.0 Å². The van der Waals surface area contributed by atoms with Crippen molar-refractivity contribution < 1.29 is 18.7 Å². The number of carbonyl (C=O) groups excluding carboxylic acids is 1. The Balaban J connectivity index is 1.14. The highest BCUT2D eigenvalue weighted by molar-refractivity contribution is 5.76. The number of anilines is 1. The van der Waals surface area contributed by atoms with E-state index in [0.29, 0.717) is 5.92 Å². The second kappa shape index (κ2) is 6.92. The van der Waals surface area contributed by atoms with E-state index >= 15 is 0 Å². The number of epoxide rings is 1. The first-order valence-electron chi connectivity index (χ1n) is 12.0. The van der Waals surface area contributed by atoms with Crippen molar-refractivity contribution in [2.24, 2.45) is 23.2 Å². The van der Waals surface area contributed by atoms with Crippen molar-refractivity contribution in [3.63, 3.8) is 0 Å². The Morgan fingerprint density at radius 3 is 2.65 bits per heavy atom. The van der Waals surface area contributed by atoms with Crippen molar-refractivity contribution in [1.29, 1.82) is 0 Å². The van der Waals surface area contributed by atoms with Crippen LogP contribution < -0.4 is 4.90 Å². The summed E-state index contributed by atoms with van der Waals surface area (Å²) < 4.78 is 25.8. The second-order valence-corrected chi connectivity index (χ2v) is 10.8. The maximum atomic E-state index is 13.2. The third-order valence-electron chi connectivity index (χ3n) is 9.21. The first-order chi connectivity index (χ1) is 14.9. The number of piperazine rings is 1. The van der Waals surface area contributed by atoms with E-state index in [1.807, 2.05) is 12.1 Å². The van der Waals surface area contributed by atoms with E-state index in [2.05, 4.69) is 23.6 Å². The van der Waals surface area contributed by atoms with Crippen molar-refractivity contribution in [1.82, 2.24) is 4.90 Å². The van der Waals surface area contributed by atoms with Gasteiger partial charge in [0.2, 0.25) is 0 Å². The van der Waals surface area contributed by atoms with E-state index in [0.717, 1.165) is 44.8 Å². The summed E-state index contributed by atoms with van der Waals surface area (Å²) >= 11 is 0. The van der Waals surface area contributed by atoms with Gasteiger partial charge >= 0.3 is 5.97 Å². The fourth-order valence-electron chi connectivity index (χ4n) is 7.56. The Bertz CT molecular complexity index is 870. The van der Waals surface area contributed by atoms with Gasteiger partial charge in [-0.1, -0.05) is 20.3 Å². The van der Waals surface area contributed by atoms with E-state index in [4.69, 9.17) is 9.47 Å². The van der Waals surface area contributed by atoms with Crippen LogP contribution in [0.25, 0.3) is 0 Å². The molecule has 5 aliphatic rings. The largest absolute Gasteiger partial charge is 0.462 e. The Hall–Kier alpha value is -1.66. The van der Waals surface area contributed by atoms with Crippen LogP contribution in [0, 0.1) is 29.0 Å². The van der Waals surface area contributed by atoms with Gasteiger partial charge in [0.1, 0.15) is 17.5 Å². The van der Waals surface area contributed by atoms with Gasteiger partial charge in [-0.15, -0.1) is 0 Å². The summed E-state index contributed by atoms with van der Waals surface area (Å²) in [5, 5.41) is 0. The van der Waals surface area contributed by atoms with Crippen LogP contribution in [-0.2, 0) is 14.3 Å². The van der Waals surface area contributed by atoms with Crippen LogP contribution in [0.4, 0.5) is 10.1 Å². The number of nitrogens with zero attached hydrogens (tertiary/aromatic N) is 2. The molecule has 0 radical (unpaired) electrons. The van der Waals surface area contributed by atoms with Crippen molar-refractivity contribution in [3.8, 4) is 0 Å². The molecule has 1 spiro atoms. The monoisotopic (exact) mass is 428 g/mol. The summed E-state index contributed by atoms with van der Waals surface area (Å²) in [6.45, 7) is 9.07. The van der Waals surface area contributed by atoms with Crippen LogP contribution in [0.1, 0.15) is 39.5 Å². The molecule has 0 aromatic heterocycles. The molecule has 168 valence electrons. The predicted octanol–water partition coefficient (Wildman–Crippen LogP) is 3.47. The normalized spacial score (nSPS) is 44.3. The van der Waals surface area contributed by atoms with Crippen LogP contribution >= 0.6 is 0 Å². The molecule has 0 unspecified atom stereocenters. The number of ether oxygens (including phenoxy) is 2. The Kier molecular flexibility index (Phi) is 4.46. The molecule has 1 aromatic carbocycles. The lowest BCUT2D eigenvalue weighted by Crippen LogP contribution is -2.55.